The van der Waals surface area contributed by atoms with E-state index in [0.717, 1.165) is 19.3 Å². The molecule has 4 fully saturated rings. The van der Waals surface area contributed by atoms with Crippen LogP contribution in [-0.2, 0) is 14.8 Å². The van der Waals surface area contributed by atoms with Crippen molar-refractivity contribution in [3.63, 3.8) is 0 Å². The Morgan fingerprint density at radius 1 is 1.12 bits per heavy atom. The summed E-state index contributed by atoms with van der Waals surface area (Å²) in [5.41, 5.74) is 2.73. The van der Waals surface area contributed by atoms with Gasteiger partial charge in [0.1, 0.15) is 10.6 Å². The Morgan fingerprint density at radius 2 is 1.68 bits per heavy atom. The first kappa shape index (κ1) is 16.8. The average molecular weight is 364 g/mol. The van der Waals surface area contributed by atoms with Crippen LogP contribution in [0.25, 0.3) is 0 Å². The van der Waals surface area contributed by atoms with E-state index in [1.165, 1.54) is 31.4 Å². The molecule has 25 heavy (non-hydrogen) atoms. The van der Waals surface area contributed by atoms with Crippen LogP contribution < -0.4 is 10.3 Å². The maximum atomic E-state index is 12.8. The lowest BCUT2D eigenvalue weighted by molar-refractivity contribution is -0.146. The zero-order valence-electron chi connectivity index (χ0n) is 14.3. The Hall–Kier alpha value is -1.60. The zero-order chi connectivity index (χ0) is 17.8. The van der Waals surface area contributed by atoms with Crippen molar-refractivity contribution in [2.24, 2.45) is 23.2 Å². The Bertz CT molecular complexity index is 783. The fraction of sp³-hybridized carbons (Fsp3) is 0.611. The number of hydrogen-bond acceptors (Lipinski definition) is 4. The summed E-state index contributed by atoms with van der Waals surface area (Å²) in [6.45, 7) is 1.74. The predicted molar refractivity (Wildman–Crippen MR) is 91.9 cm³/mol. The lowest BCUT2D eigenvalue weighted by Crippen LogP contribution is -2.56. The summed E-state index contributed by atoms with van der Waals surface area (Å²) < 4.78 is 24.9. The molecule has 4 bridgehead atoms. The molecule has 1 amide bonds. The Labute approximate surface area is 148 Å². The standard InChI is InChI=1S/C18H24N2O4S/c1-11-2-3-15(21)16(4-11)25(23,24)20-19-17(22)18-8-12-5-13(9-18)7-14(6-12)10-18/h2-4,12-14,20-21H,5-10H2,1H3,(H,19,22). The molecule has 4 aliphatic carbocycles. The normalized spacial score (nSPS) is 33.4. The number of sulfonamides is 1. The molecule has 0 aromatic heterocycles. The largest absolute Gasteiger partial charge is 0.507 e. The van der Waals surface area contributed by atoms with E-state index < -0.39 is 15.4 Å². The molecular formula is C18H24N2O4S. The number of benzene rings is 1. The van der Waals surface area contributed by atoms with Gasteiger partial charge < -0.3 is 5.11 Å². The number of phenols is 1. The first-order valence-electron chi connectivity index (χ1n) is 8.89. The number of phenolic OH excluding ortho intramolecular Hbond substituents is 1. The number of hydrogen-bond donors (Lipinski definition) is 3. The molecule has 1 aromatic carbocycles. The summed E-state index contributed by atoms with van der Waals surface area (Å²) >= 11 is 0. The van der Waals surface area contributed by atoms with Crippen LogP contribution in [0, 0.1) is 30.1 Å². The summed E-state index contributed by atoms with van der Waals surface area (Å²) in [4.78, 5) is 14.8. The van der Waals surface area contributed by atoms with E-state index in [0.29, 0.717) is 23.3 Å². The zero-order valence-corrected chi connectivity index (χ0v) is 15.1. The second-order valence-electron chi connectivity index (χ2n) is 8.23. The molecule has 4 saturated carbocycles. The summed E-state index contributed by atoms with van der Waals surface area (Å²) in [7, 11) is -4.01. The van der Waals surface area contributed by atoms with E-state index in [1.807, 2.05) is 0 Å². The van der Waals surface area contributed by atoms with Gasteiger partial charge >= 0.3 is 0 Å². The monoisotopic (exact) mass is 364 g/mol. The van der Waals surface area contributed by atoms with Crippen LogP contribution in [0.1, 0.15) is 44.1 Å². The van der Waals surface area contributed by atoms with Crippen LogP contribution in [0.15, 0.2) is 23.1 Å². The minimum absolute atomic E-state index is 0.220. The minimum atomic E-state index is -4.01. The Kier molecular flexibility index (Phi) is 3.85. The molecule has 0 spiro atoms. The highest BCUT2D eigenvalue weighted by molar-refractivity contribution is 7.89. The maximum absolute atomic E-state index is 12.8. The van der Waals surface area contributed by atoms with Crippen molar-refractivity contribution in [3.8, 4) is 5.75 Å². The van der Waals surface area contributed by atoms with Crippen LogP contribution in [0.4, 0.5) is 0 Å². The van der Waals surface area contributed by atoms with Gasteiger partial charge in [-0.2, -0.15) is 0 Å². The molecule has 0 heterocycles. The average Bonchev–Trinajstić information content (AvgIpc) is 2.53. The maximum Gasteiger partial charge on any atom is 0.261 e. The van der Waals surface area contributed by atoms with Gasteiger partial charge in [-0.1, -0.05) is 6.07 Å². The summed E-state index contributed by atoms with van der Waals surface area (Å²) in [5, 5.41) is 9.83. The molecule has 0 aliphatic heterocycles. The van der Waals surface area contributed by atoms with Crippen molar-refractivity contribution < 1.29 is 18.3 Å². The van der Waals surface area contributed by atoms with Crippen LogP contribution in [0.2, 0.25) is 0 Å². The van der Waals surface area contributed by atoms with Gasteiger partial charge in [-0.15, -0.1) is 4.83 Å². The smallest absolute Gasteiger partial charge is 0.261 e. The van der Waals surface area contributed by atoms with Crippen LogP contribution in [-0.4, -0.2) is 19.4 Å². The number of aryl methyl sites for hydroxylation is 1. The van der Waals surface area contributed by atoms with E-state index in [9.17, 15) is 18.3 Å². The SMILES string of the molecule is Cc1ccc(O)c(S(=O)(=O)NNC(=O)C23CC4CC(CC(C4)C2)C3)c1. The lowest BCUT2D eigenvalue weighted by Gasteiger charge is -2.55. The quantitative estimate of drug-likeness (QED) is 0.714. The topological polar surface area (TPSA) is 95.5 Å². The Balaban J connectivity index is 1.49. The molecule has 0 radical (unpaired) electrons. The highest BCUT2D eigenvalue weighted by Crippen LogP contribution is 2.60. The van der Waals surface area contributed by atoms with Crippen LogP contribution >= 0.6 is 0 Å². The number of rotatable bonds is 4. The summed E-state index contributed by atoms with van der Waals surface area (Å²) in [6, 6.07) is 4.35. The van der Waals surface area contributed by atoms with Crippen LogP contribution in [0.3, 0.4) is 0 Å². The fourth-order valence-corrected chi connectivity index (χ4v) is 6.55. The summed E-state index contributed by atoms with van der Waals surface area (Å²) in [5.74, 6) is 1.27. The Morgan fingerprint density at radius 3 is 2.24 bits per heavy atom. The van der Waals surface area contributed by atoms with Crippen molar-refractivity contribution >= 4 is 15.9 Å². The van der Waals surface area contributed by atoms with E-state index in [4.69, 9.17) is 0 Å². The van der Waals surface area contributed by atoms with Gasteiger partial charge in [0.25, 0.3) is 10.0 Å². The van der Waals surface area contributed by atoms with E-state index in [2.05, 4.69) is 10.3 Å². The first-order valence-corrected chi connectivity index (χ1v) is 10.4. The third-order valence-corrected chi connectivity index (χ3v) is 7.50. The minimum Gasteiger partial charge on any atom is -0.507 e. The van der Waals surface area contributed by atoms with Gasteiger partial charge in [-0.05, 0) is 80.9 Å². The van der Waals surface area contributed by atoms with Gasteiger partial charge in [-0.25, -0.2) is 8.42 Å². The van der Waals surface area contributed by atoms with Gasteiger partial charge in [0.05, 0.1) is 5.41 Å². The molecule has 5 rings (SSSR count). The van der Waals surface area contributed by atoms with Crippen molar-refractivity contribution in [3.05, 3.63) is 23.8 Å². The van der Waals surface area contributed by atoms with Gasteiger partial charge in [0.2, 0.25) is 5.91 Å². The molecule has 0 atom stereocenters. The third-order valence-electron chi connectivity index (χ3n) is 6.22. The molecule has 4 aliphatic rings. The molecule has 0 saturated heterocycles. The lowest BCUT2D eigenvalue weighted by atomic mass is 9.49. The molecule has 1 aromatic rings. The molecule has 0 unspecified atom stereocenters. The van der Waals surface area contributed by atoms with Gasteiger partial charge in [0, 0.05) is 0 Å². The number of hydrazine groups is 1. The predicted octanol–water partition coefficient (Wildman–Crippen LogP) is 2.23. The highest BCUT2D eigenvalue weighted by atomic mass is 32.2. The number of nitrogens with one attached hydrogen (secondary N) is 2. The number of aromatic hydroxyl groups is 1. The van der Waals surface area contributed by atoms with E-state index >= 15 is 0 Å². The van der Waals surface area contributed by atoms with E-state index in [1.54, 1.807) is 13.0 Å². The van der Waals surface area contributed by atoms with Crippen molar-refractivity contribution in [2.45, 2.75) is 50.3 Å². The van der Waals surface area contributed by atoms with Gasteiger partial charge in [0.15, 0.2) is 0 Å². The van der Waals surface area contributed by atoms with Crippen molar-refractivity contribution in [1.82, 2.24) is 10.3 Å². The molecular weight excluding hydrogens is 340 g/mol. The second-order valence-corrected chi connectivity index (χ2v) is 9.88. The number of carbonyl (C=O) groups excluding carboxylic acids is 1. The van der Waals surface area contributed by atoms with Crippen LogP contribution in [0.5, 0.6) is 5.75 Å². The molecule has 6 nitrogen and oxygen atoms in total. The third kappa shape index (κ3) is 2.93. The number of carbonyl (C=O) groups is 1. The molecule has 7 heteroatoms. The van der Waals surface area contributed by atoms with Gasteiger partial charge in [-0.3, -0.25) is 10.2 Å². The second kappa shape index (κ2) is 5.71. The first-order chi connectivity index (χ1) is 11.8. The number of amides is 1. The van der Waals surface area contributed by atoms with Crippen molar-refractivity contribution in [1.29, 1.82) is 0 Å². The molecule has 3 N–H and O–H groups in total. The fourth-order valence-electron chi connectivity index (χ4n) is 5.53. The highest BCUT2D eigenvalue weighted by Gasteiger charge is 2.54. The summed E-state index contributed by atoms with van der Waals surface area (Å²) in [6.07, 6.45) is 6.24. The van der Waals surface area contributed by atoms with Crippen molar-refractivity contribution in [2.75, 3.05) is 0 Å². The van der Waals surface area contributed by atoms with E-state index in [-0.39, 0.29) is 16.6 Å². The molecule has 136 valence electrons.